The van der Waals surface area contributed by atoms with E-state index in [9.17, 15) is 13.2 Å². The molecule has 0 saturated carbocycles. The van der Waals surface area contributed by atoms with Gasteiger partial charge in [0.2, 0.25) is 0 Å². The minimum absolute atomic E-state index is 0.190. The van der Waals surface area contributed by atoms with E-state index in [4.69, 9.17) is 0 Å². The number of hydrogen-bond donors (Lipinski definition) is 1. The number of nitrogens with one attached hydrogen (secondary N) is 1. The van der Waals surface area contributed by atoms with Crippen molar-refractivity contribution in [3.63, 3.8) is 0 Å². The van der Waals surface area contributed by atoms with Crippen LogP contribution in [0.2, 0.25) is 0 Å². The molecule has 0 amide bonds. The minimum Gasteiger partial charge on any atom is -0.314 e. The fraction of sp³-hybridized carbons (Fsp3) is 0.625. The number of rotatable bonds is 5. The van der Waals surface area contributed by atoms with Crippen molar-refractivity contribution in [1.82, 2.24) is 10.2 Å². The van der Waals surface area contributed by atoms with Gasteiger partial charge in [0.25, 0.3) is 0 Å². The van der Waals surface area contributed by atoms with Gasteiger partial charge in [0, 0.05) is 43.9 Å². The monoisotopic (exact) mass is 300 g/mol. The molecule has 1 heterocycles. The van der Waals surface area contributed by atoms with Gasteiger partial charge in [-0.2, -0.15) is 0 Å². The van der Waals surface area contributed by atoms with Crippen molar-refractivity contribution < 1.29 is 13.2 Å². The molecule has 1 fully saturated rings. The molecular formula is C16H23F3N2. The largest absolute Gasteiger partial charge is 0.314 e. The summed E-state index contributed by atoms with van der Waals surface area (Å²) in [5.41, 5.74) is 0.274. The molecule has 1 saturated heterocycles. The van der Waals surface area contributed by atoms with Crippen LogP contribution in [0.15, 0.2) is 12.1 Å². The highest BCUT2D eigenvalue weighted by Gasteiger charge is 2.26. The van der Waals surface area contributed by atoms with Crippen LogP contribution in [0.5, 0.6) is 0 Å². The first-order chi connectivity index (χ1) is 9.99. The molecule has 0 unspecified atom stereocenters. The van der Waals surface area contributed by atoms with E-state index < -0.39 is 17.5 Å². The zero-order valence-electron chi connectivity index (χ0n) is 12.6. The van der Waals surface area contributed by atoms with Gasteiger partial charge in [0.1, 0.15) is 5.82 Å². The van der Waals surface area contributed by atoms with Crippen LogP contribution in [-0.4, -0.2) is 31.1 Å². The molecule has 0 aliphatic carbocycles. The molecule has 1 aromatic carbocycles. The normalized spacial score (nSPS) is 18.2. The summed E-state index contributed by atoms with van der Waals surface area (Å²) in [7, 11) is 0. The van der Waals surface area contributed by atoms with E-state index in [0.29, 0.717) is 12.0 Å². The maximum Gasteiger partial charge on any atom is 0.161 e. The van der Waals surface area contributed by atoms with Crippen molar-refractivity contribution in [2.45, 2.75) is 32.7 Å². The topological polar surface area (TPSA) is 15.3 Å². The summed E-state index contributed by atoms with van der Waals surface area (Å²) >= 11 is 0. The molecule has 0 radical (unpaired) electrons. The van der Waals surface area contributed by atoms with Crippen LogP contribution >= 0.6 is 0 Å². The Bertz CT molecular complexity index is 471. The zero-order chi connectivity index (χ0) is 15.4. The van der Waals surface area contributed by atoms with E-state index >= 15 is 0 Å². The summed E-state index contributed by atoms with van der Waals surface area (Å²) in [6, 6.07) is 1.50. The smallest absolute Gasteiger partial charge is 0.161 e. The van der Waals surface area contributed by atoms with Crippen molar-refractivity contribution in [3.05, 3.63) is 35.1 Å². The second kappa shape index (κ2) is 7.27. The van der Waals surface area contributed by atoms with Crippen molar-refractivity contribution in [2.24, 2.45) is 5.92 Å². The first-order valence-electron chi connectivity index (χ1n) is 7.58. The summed E-state index contributed by atoms with van der Waals surface area (Å²) < 4.78 is 40.8. The quantitative estimate of drug-likeness (QED) is 0.838. The number of piperazine rings is 1. The molecule has 2 nitrogen and oxygen atoms in total. The number of benzene rings is 1. The number of hydrogen-bond acceptors (Lipinski definition) is 2. The fourth-order valence-electron chi connectivity index (χ4n) is 2.81. The van der Waals surface area contributed by atoms with E-state index in [0.717, 1.165) is 45.1 Å². The highest BCUT2D eigenvalue weighted by atomic mass is 19.2. The van der Waals surface area contributed by atoms with E-state index in [1.54, 1.807) is 0 Å². The third-order valence-electron chi connectivity index (χ3n) is 4.01. The molecule has 1 aromatic rings. The van der Waals surface area contributed by atoms with Crippen LogP contribution in [0.3, 0.4) is 0 Å². The third kappa shape index (κ3) is 4.20. The first-order valence-corrected chi connectivity index (χ1v) is 7.58. The zero-order valence-corrected chi connectivity index (χ0v) is 12.6. The minimum atomic E-state index is -1.13. The van der Waals surface area contributed by atoms with Crippen LogP contribution < -0.4 is 5.32 Å². The predicted molar refractivity (Wildman–Crippen MR) is 77.6 cm³/mol. The van der Waals surface area contributed by atoms with Crippen molar-refractivity contribution >= 4 is 0 Å². The Labute approximate surface area is 124 Å². The van der Waals surface area contributed by atoms with E-state index in [2.05, 4.69) is 24.1 Å². The third-order valence-corrected chi connectivity index (χ3v) is 4.01. The molecule has 1 N–H and O–H groups in total. The number of nitrogens with zero attached hydrogens (tertiary/aromatic N) is 1. The molecule has 21 heavy (non-hydrogen) atoms. The van der Waals surface area contributed by atoms with Crippen LogP contribution in [0.25, 0.3) is 0 Å². The summed E-state index contributed by atoms with van der Waals surface area (Å²) in [6.45, 7) is 7.47. The Morgan fingerprint density at radius 1 is 1.00 bits per heavy atom. The molecule has 118 valence electrons. The molecule has 0 bridgehead atoms. The molecular weight excluding hydrogens is 277 g/mol. The summed E-state index contributed by atoms with van der Waals surface area (Å²) in [6.07, 6.45) is 1.67. The Balaban J connectivity index is 2.26. The van der Waals surface area contributed by atoms with Crippen molar-refractivity contribution in [2.75, 3.05) is 26.2 Å². The Morgan fingerprint density at radius 3 is 2.24 bits per heavy atom. The molecule has 1 atom stereocenters. The molecule has 1 aliphatic heterocycles. The van der Waals surface area contributed by atoms with Gasteiger partial charge in [-0.15, -0.1) is 0 Å². The lowest BCUT2D eigenvalue weighted by atomic mass is 9.95. The van der Waals surface area contributed by atoms with Crippen molar-refractivity contribution in [1.29, 1.82) is 0 Å². The maximum absolute atomic E-state index is 14.1. The average Bonchev–Trinajstić information content (AvgIpc) is 2.45. The molecule has 1 aliphatic rings. The van der Waals surface area contributed by atoms with Gasteiger partial charge in [-0.1, -0.05) is 13.8 Å². The second-order valence-electron chi connectivity index (χ2n) is 6.06. The molecule has 2 rings (SSSR count). The van der Waals surface area contributed by atoms with Crippen LogP contribution in [0.4, 0.5) is 13.2 Å². The first kappa shape index (κ1) is 16.3. The Morgan fingerprint density at radius 2 is 1.62 bits per heavy atom. The van der Waals surface area contributed by atoms with E-state index in [-0.39, 0.29) is 11.6 Å². The molecule has 0 spiro atoms. The Hall–Kier alpha value is -1.07. The van der Waals surface area contributed by atoms with Gasteiger partial charge in [0.15, 0.2) is 11.6 Å². The fourth-order valence-corrected chi connectivity index (χ4v) is 2.81. The lowest BCUT2D eigenvalue weighted by Crippen LogP contribution is -2.45. The lowest BCUT2D eigenvalue weighted by molar-refractivity contribution is 0.156. The number of halogens is 3. The van der Waals surface area contributed by atoms with Gasteiger partial charge < -0.3 is 5.32 Å². The molecule has 5 heteroatoms. The van der Waals surface area contributed by atoms with Crippen LogP contribution in [0, 0.1) is 23.4 Å². The highest BCUT2D eigenvalue weighted by molar-refractivity contribution is 5.24. The summed E-state index contributed by atoms with van der Waals surface area (Å²) in [5.74, 6) is -2.26. The van der Waals surface area contributed by atoms with Gasteiger partial charge in [-0.05, 0) is 24.8 Å². The van der Waals surface area contributed by atoms with E-state index in [1.807, 2.05) is 0 Å². The summed E-state index contributed by atoms with van der Waals surface area (Å²) in [4.78, 5) is 2.16. The highest BCUT2D eigenvalue weighted by Crippen LogP contribution is 2.30. The SMILES string of the molecule is CC(C)CC[C@H](c1cc(F)c(F)cc1F)N1CCNCC1. The molecule has 0 aromatic heterocycles. The van der Waals surface area contributed by atoms with Gasteiger partial charge in [-0.3, -0.25) is 4.90 Å². The average molecular weight is 300 g/mol. The van der Waals surface area contributed by atoms with Crippen LogP contribution in [0.1, 0.15) is 38.3 Å². The summed E-state index contributed by atoms with van der Waals surface area (Å²) in [5, 5.41) is 3.25. The lowest BCUT2D eigenvalue weighted by Gasteiger charge is -2.35. The van der Waals surface area contributed by atoms with Gasteiger partial charge in [0.05, 0.1) is 0 Å². The second-order valence-corrected chi connectivity index (χ2v) is 6.06. The van der Waals surface area contributed by atoms with Gasteiger partial charge >= 0.3 is 0 Å². The van der Waals surface area contributed by atoms with Gasteiger partial charge in [-0.25, -0.2) is 13.2 Å². The van der Waals surface area contributed by atoms with Crippen LogP contribution in [-0.2, 0) is 0 Å². The maximum atomic E-state index is 14.1. The standard InChI is InChI=1S/C16H23F3N2/c1-11(2)3-4-16(21-7-5-20-6-8-21)12-9-14(18)15(19)10-13(12)17/h9-11,16,20H,3-8H2,1-2H3/t16-/m1/s1. The van der Waals surface area contributed by atoms with Crippen molar-refractivity contribution in [3.8, 4) is 0 Å². The predicted octanol–water partition coefficient (Wildman–Crippen LogP) is 3.49. The Kier molecular flexibility index (Phi) is 5.65. The van der Waals surface area contributed by atoms with E-state index in [1.165, 1.54) is 0 Å².